The van der Waals surface area contributed by atoms with Crippen LogP contribution in [0.2, 0.25) is 0 Å². The molecular weight excluding hydrogens is 616 g/mol. The Kier molecular flexibility index (Phi) is 12.8. The van der Waals surface area contributed by atoms with Crippen LogP contribution >= 0.6 is 24.8 Å². The fourth-order valence-electron chi connectivity index (χ4n) is 7.18. The van der Waals surface area contributed by atoms with Crippen LogP contribution in [0.4, 0.5) is 10.1 Å². The summed E-state index contributed by atoms with van der Waals surface area (Å²) in [6.07, 6.45) is 7.11. The second-order valence-electron chi connectivity index (χ2n) is 12.6. The molecule has 1 atom stereocenters. The number of carbonyl (C=O) groups is 2. The van der Waals surface area contributed by atoms with Crippen LogP contribution in [0.1, 0.15) is 77.6 Å². The summed E-state index contributed by atoms with van der Waals surface area (Å²) in [5.41, 5.74) is 2.97. The lowest BCUT2D eigenvalue weighted by atomic mass is 9.77. The number of halogens is 3. The summed E-state index contributed by atoms with van der Waals surface area (Å²) in [5, 5.41) is 6.69. The summed E-state index contributed by atoms with van der Waals surface area (Å²) in [7, 11) is 0. The van der Waals surface area contributed by atoms with Gasteiger partial charge < -0.3 is 30.1 Å². The summed E-state index contributed by atoms with van der Waals surface area (Å²) < 4.78 is 21.0. The molecule has 0 unspecified atom stereocenters. The highest BCUT2D eigenvalue weighted by Crippen LogP contribution is 2.41. The molecule has 248 valence electrons. The monoisotopic (exact) mass is 663 g/mol. The van der Waals surface area contributed by atoms with Crippen LogP contribution in [0.25, 0.3) is 0 Å². The number of anilines is 1. The van der Waals surface area contributed by atoms with E-state index in [4.69, 9.17) is 4.74 Å². The second-order valence-corrected chi connectivity index (χ2v) is 12.6. The highest BCUT2D eigenvalue weighted by molar-refractivity contribution is 5.97. The first-order chi connectivity index (χ1) is 21.0. The number of hydrogen-bond donors (Lipinski definition) is 2. The third-order valence-corrected chi connectivity index (χ3v) is 9.90. The molecule has 4 fully saturated rings. The van der Waals surface area contributed by atoms with Crippen LogP contribution in [-0.4, -0.2) is 93.2 Å². The first-order valence-electron chi connectivity index (χ1n) is 16.3. The van der Waals surface area contributed by atoms with Gasteiger partial charge in [-0.1, -0.05) is 13.3 Å². The van der Waals surface area contributed by atoms with Crippen molar-refractivity contribution in [1.82, 2.24) is 20.4 Å². The summed E-state index contributed by atoms with van der Waals surface area (Å²) >= 11 is 0. The lowest BCUT2D eigenvalue weighted by Gasteiger charge is -2.35. The number of nitrogens with zero attached hydrogens (tertiary/aromatic N) is 3. The standard InChI is InChI=1S/C34H46FN5O3.2ClH/c1-2-24-3-5-25(6-4-24)31-21-26(7-8-32(31)43-30-9-10-37-23-30)33(41)39-15-17-40(18-16-39)34(42)27-19-28(35)22-29(20-27)38-13-11-36-12-14-38;;/h7-8,19-22,24-25,30,36-37H,2-6,9-18,23H2,1H3;2*1H/t24?,25?,30-;;/m0../s1. The van der Waals surface area contributed by atoms with Gasteiger partial charge >= 0.3 is 0 Å². The molecule has 8 nitrogen and oxygen atoms in total. The number of hydrogen-bond acceptors (Lipinski definition) is 6. The molecule has 1 saturated carbocycles. The first kappa shape index (κ1) is 35.3. The van der Waals surface area contributed by atoms with Gasteiger partial charge in [0.2, 0.25) is 0 Å². The summed E-state index contributed by atoms with van der Waals surface area (Å²) in [5.74, 6) is 1.54. The van der Waals surface area contributed by atoms with Gasteiger partial charge in [-0.15, -0.1) is 24.8 Å². The van der Waals surface area contributed by atoms with Gasteiger partial charge in [0.25, 0.3) is 11.8 Å². The lowest BCUT2D eigenvalue weighted by Crippen LogP contribution is -2.50. The van der Waals surface area contributed by atoms with Gasteiger partial charge in [0.1, 0.15) is 17.7 Å². The number of piperazine rings is 2. The molecule has 4 aliphatic rings. The molecular formula is C34H48Cl2FN5O3. The van der Waals surface area contributed by atoms with Gasteiger partial charge in [-0.05, 0) is 92.4 Å². The van der Waals surface area contributed by atoms with Crippen LogP contribution in [0.3, 0.4) is 0 Å². The van der Waals surface area contributed by atoms with E-state index in [1.807, 2.05) is 17.0 Å². The van der Waals surface area contributed by atoms with Crippen molar-refractivity contribution >= 4 is 42.3 Å². The van der Waals surface area contributed by atoms with Gasteiger partial charge in [0.15, 0.2) is 0 Å². The molecule has 0 spiro atoms. The zero-order valence-electron chi connectivity index (χ0n) is 26.3. The summed E-state index contributed by atoms with van der Waals surface area (Å²) in [6.45, 7) is 9.11. The molecule has 3 heterocycles. The molecule has 3 saturated heterocycles. The highest BCUT2D eigenvalue weighted by Gasteiger charge is 2.30. The number of carbonyl (C=O) groups excluding carboxylic acids is 2. The number of rotatable bonds is 7. The maximum absolute atomic E-state index is 14.5. The van der Waals surface area contributed by atoms with E-state index >= 15 is 0 Å². The van der Waals surface area contributed by atoms with E-state index < -0.39 is 5.82 Å². The molecule has 2 aromatic carbocycles. The van der Waals surface area contributed by atoms with Crippen molar-refractivity contribution in [3.05, 3.63) is 58.9 Å². The maximum atomic E-state index is 14.5. The van der Waals surface area contributed by atoms with Crippen molar-refractivity contribution in [2.24, 2.45) is 5.92 Å². The van der Waals surface area contributed by atoms with E-state index in [0.29, 0.717) is 43.2 Å². The first-order valence-corrected chi connectivity index (χ1v) is 16.3. The predicted molar refractivity (Wildman–Crippen MR) is 181 cm³/mol. The fourth-order valence-corrected chi connectivity index (χ4v) is 7.18. The van der Waals surface area contributed by atoms with E-state index in [2.05, 4.69) is 28.5 Å². The normalized spacial score (nSPS) is 23.6. The Morgan fingerprint density at radius 2 is 1.47 bits per heavy atom. The predicted octanol–water partition coefficient (Wildman–Crippen LogP) is 5.10. The minimum Gasteiger partial charge on any atom is -0.489 e. The fraction of sp³-hybridized carbons (Fsp3) is 0.588. The Balaban J connectivity index is 0.00000230. The minimum absolute atomic E-state index is 0. The maximum Gasteiger partial charge on any atom is 0.254 e. The molecule has 3 aliphatic heterocycles. The van der Waals surface area contributed by atoms with Crippen LogP contribution in [-0.2, 0) is 0 Å². The van der Waals surface area contributed by atoms with Gasteiger partial charge in [0, 0.05) is 75.7 Å². The van der Waals surface area contributed by atoms with Gasteiger partial charge in [-0.3, -0.25) is 9.59 Å². The van der Waals surface area contributed by atoms with E-state index in [-0.39, 0.29) is 42.7 Å². The average Bonchev–Trinajstić information content (AvgIpc) is 3.58. The molecule has 0 bridgehead atoms. The number of benzene rings is 2. The summed E-state index contributed by atoms with van der Waals surface area (Å²) in [6, 6.07) is 10.6. The Hall–Kier alpha value is -2.59. The largest absolute Gasteiger partial charge is 0.489 e. The van der Waals surface area contributed by atoms with Crippen molar-refractivity contribution in [2.75, 3.05) is 70.3 Å². The Labute approximate surface area is 279 Å². The lowest BCUT2D eigenvalue weighted by molar-refractivity contribution is 0.0535. The van der Waals surface area contributed by atoms with Gasteiger partial charge in [0.05, 0.1) is 0 Å². The SMILES string of the molecule is CCC1CCC(c2cc(C(=O)N3CCN(C(=O)c4cc(F)cc(N5CCNCC5)c4)CC3)ccc2O[C@H]2CCNC2)CC1.Cl.Cl. The number of ether oxygens (including phenoxy) is 1. The number of amides is 2. The van der Waals surface area contributed by atoms with Crippen molar-refractivity contribution in [2.45, 2.75) is 57.5 Å². The van der Waals surface area contributed by atoms with Gasteiger partial charge in [-0.2, -0.15) is 0 Å². The second kappa shape index (κ2) is 16.3. The molecule has 2 amide bonds. The van der Waals surface area contributed by atoms with Crippen LogP contribution in [0, 0.1) is 11.7 Å². The van der Waals surface area contributed by atoms with Crippen LogP contribution in [0.5, 0.6) is 5.75 Å². The average molecular weight is 665 g/mol. The zero-order valence-corrected chi connectivity index (χ0v) is 27.9. The van der Waals surface area contributed by atoms with E-state index in [1.54, 1.807) is 11.0 Å². The van der Waals surface area contributed by atoms with E-state index in [0.717, 1.165) is 75.9 Å². The topological polar surface area (TPSA) is 77.2 Å². The molecule has 2 N–H and O–H groups in total. The van der Waals surface area contributed by atoms with Crippen LogP contribution < -0.4 is 20.3 Å². The molecule has 0 aromatic heterocycles. The molecule has 11 heteroatoms. The Morgan fingerprint density at radius 1 is 0.800 bits per heavy atom. The minimum atomic E-state index is -0.399. The number of nitrogens with one attached hydrogen (secondary N) is 2. The molecule has 45 heavy (non-hydrogen) atoms. The van der Waals surface area contributed by atoms with E-state index in [9.17, 15) is 14.0 Å². The van der Waals surface area contributed by atoms with Gasteiger partial charge in [-0.25, -0.2) is 4.39 Å². The quantitative estimate of drug-likeness (QED) is 0.429. The zero-order chi connectivity index (χ0) is 29.8. The van der Waals surface area contributed by atoms with Crippen molar-refractivity contribution < 1.29 is 18.7 Å². The van der Waals surface area contributed by atoms with Crippen molar-refractivity contribution in [1.29, 1.82) is 0 Å². The highest BCUT2D eigenvalue weighted by atomic mass is 35.5. The molecule has 6 rings (SSSR count). The summed E-state index contributed by atoms with van der Waals surface area (Å²) in [4.78, 5) is 32.8. The Bertz CT molecular complexity index is 1290. The third-order valence-electron chi connectivity index (χ3n) is 9.90. The Morgan fingerprint density at radius 3 is 2.09 bits per heavy atom. The third kappa shape index (κ3) is 8.42. The molecule has 1 aliphatic carbocycles. The van der Waals surface area contributed by atoms with Crippen molar-refractivity contribution in [3.63, 3.8) is 0 Å². The van der Waals surface area contributed by atoms with Crippen molar-refractivity contribution in [3.8, 4) is 5.75 Å². The van der Waals surface area contributed by atoms with E-state index in [1.165, 1.54) is 37.0 Å². The smallest absolute Gasteiger partial charge is 0.254 e. The molecule has 0 radical (unpaired) electrons. The molecule has 2 aromatic rings. The van der Waals surface area contributed by atoms with Crippen LogP contribution in [0.15, 0.2) is 36.4 Å².